The van der Waals surface area contributed by atoms with E-state index < -0.39 is 8.10 Å². The summed E-state index contributed by atoms with van der Waals surface area (Å²) in [6, 6.07) is -0.254. The molecule has 0 aliphatic heterocycles. The van der Waals surface area contributed by atoms with Crippen molar-refractivity contribution in [2.75, 3.05) is 6.61 Å². The van der Waals surface area contributed by atoms with Crippen LogP contribution in [0.3, 0.4) is 0 Å². The highest BCUT2D eigenvalue weighted by Crippen LogP contribution is 2.28. The zero-order chi connectivity index (χ0) is 17.2. The topological polar surface area (TPSA) is 113 Å². The molecule has 1 aliphatic carbocycles. The lowest BCUT2D eigenvalue weighted by atomic mass is 9.93. The van der Waals surface area contributed by atoms with Gasteiger partial charge in [-0.1, -0.05) is 13.8 Å². The molecule has 0 aromatic heterocycles. The molecule has 0 spiro atoms. The van der Waals surface area contributed by atoms with E-state index >= 15 is 0 Å². The van der Waals surface area contributed by atoms with Crippen LogP contribution in [0.15, 0.2) is 16.5 Å². The number of carbonyl (C=O) groups excluding carboxylic acids is 1. The summed E-state index contributed by atoms with van der Waals surface area (Å²) >= 11 is 0. The van der Waals surface area contributed by atoms with E-state index in [0.717, 1.165) is 12.8 Å². The maximum atomic E-state index is 12.0. The van der Waals surface area contributed by atoms with Gasteiger partial charge in [0.1, 0.15) is 0 Å². The molecule has 1 aliphatic rings. The van der Waals surface area contributed by atoms with Crippen molar-refractivity contribution in [2.24, 2.45) is 4.88 Å². The standard InChI is InChI=1S/C14H25N4O4P/c1-4-12(5-2)22-13-8-10(14(19)21-6-3)7-11(9-13)16-23(20)18-17-15/h8,11-13,23H,4-7,9H2,1-3H3,(H,16,20). The van der Waals surface area contributed by atoms with Crippen molar-refractivity contribution in [3.8, 4) is 0 Å². The Bertz CT molecular complexity index is 501. The minimum Gasteiger partial charge on any atom is -0.463 e. The van der Waals surface area contributed by atoms with Crippen molar-refractivity contribution >= 4 is 14.1 Å². The zero-order valence-electron chi connectivity index (χ0n) is 13.8. The molecule has 0 aromatic rings. The van der Waals surface area contributed by atoms with E-state index in [1.54, 1.807) is 13.0 Å². The van der Waals surface area contributed by atoms with Crippen molar-refractivity contribution in [1.82, 2.24) is 5.09 Å². The second kappa shape index (κ2) is 10.4. The summed E-state index contributed by atoms with van der Waals surface area (Å²) in [5.41, 5.74) is 8.85. The molecule has 9 heteroatoms. The van der Waals surface area contributed by atoms with Crippen LogP contribution < -0.4 is 5.09 Å². The van der Waals surface area contributed by atoms with Crippen LogP contribution in [0.2, 0.25) is 0 Å². The summed E-state index contributed by atoms with van der Waals surface area (Å²) in [5.74, 6) is -0.388. The summed E-state index contributed by atoms with van der Waals surface area (Å²) < 4.78 is 22.7. The molecule has 23 heavy (non-hydrogen) atoms. The first-order valence-corrected chi connectivity index (χ1v) is 9.28. The maximum Gasteiger partial charge on any atom is 0.333 e. The van der Waals surface area contributed by atoms with Gasteiger partial charge in [0.25, 0.3) is 0 Å². The first-order chi connectivity index (χ1) is 11.0. The number of rotatable bonds is 9. The first kappa shape index (κ1) is 19.7. The van der Waals surface area contributed by atoms with E-state index in [9.17, 15) is 9.36 Å². The van der Waals surface area contributed by atoms with Crippen molar-refractivity contribution in [1.29, 1.82) is 0 Å². The maximum absolute atomic E-state index is 12.0. The van der Waals surface area contributed by atoms with Crippen LogP contribution in [0.4, 0.5) is 0 Å². The molecule has 0 heterocycles. The van der Waals surface area contributed by atoms with Gasteiger partial charge in [-0.2, -0.15) is 0 Å². The Kier molecular flexibility index (Phi) is 8.95. The van der Waals surface area contributed by atoms with Crippen LogP contribution in [-0.2, 0) is 18.8 Å². The Morgan fingerprint density at radius 1 is 1.52 bits per heavy atom. The molecular weight excluding hydrogens is 319 g/mol. The smallest absolute Gasteiger partial charge is 0.333 e. The Morgan fingerprint density at radius 2 is 2.22 bits per heavy atom. The van der Waals surface area contributed by atoms with Gasteiger partial charge in [-0.25, -0.2) is 4.79 Å². The fourth-order valence-electron chi connectivity index (χ4n) is 2.54. The highest BCUT2D eigenvalue weighted by Gasteiger charge is 2.28. The van der Waals surface area contributed by atoms with Gasteiger partial charge in [0.2, 0.25) is 8.10 Å². The Labute approximate surface area is 137 Å². The number of carbonyl (C=O) groups is 1. The van der Waals surface area contributed by atoms with Gasteiger partial charge in [0, 0.05) is 16.5 Å². The zero-order valence-corrected chi connectivity index (χ0v) is 14.8. The summed E-state index contributed by atoms with van der Waals surface area (Å²) in [5, 5.41) is 2.78. The van der Waals surface area contributed by atoms with Gasteiger partial charge in [-0.3, -0.25) is 5.09 Å². The van der Waals surface area contributed by atoms with Gasteiger partial charge in [0.15, 0.2) is 0 Å². The summed E-state index contributed by atoms with van der Waals surface area (Å²) in [7, 11) is -2.59. The number of nitrogens with zero attached hydrogens (tertiary/aromatic N) is 3. The van der Waals surface area contributed by atoms with Crippen molar-refractivity contribution < 1.29 is 18.8 Å². The molecular formula is C14H25N4O4P. The molecule has 0 saturated carbocycles. The summed E-state index contributed by atoms with van der Waals surface area (Å²) in [6.07, 6.45) is 4.33. The lowest BCUT2D eigenvalue weighted by molar-refractivity contribution is -0.139. The number of nitrogens with one attached hydrogen (secondary N) is 1. The SMILES string of the molecule is CCOC(=O)C1=CC(OC(CC)CC)CC(N[PH](=O)N=[N+]=[N-])C1. The second-order valence-electron chi connectivity index (χ2n) is 5.30. The Hall–Kier alpha value is -1.33. The summed E-state index contributed by atoms with van der Waals surface area (Å²) in [6.45, 7) is 6.13. The van der Waals surface area contributed by atoms with E-state index in [2.05, 4.69) is 14.9 Å². The van der Waals surface area contributed by atoms with Crippen LogP contribution >= 0.6 is 8.10 Å². The molecule has 0 bridgehead atoms. The van der Waals surface area contributed by atoms with Crippen molar-refractivity contribution in [3.05, 3.63) is 22.1 Å². The average molecular weight is 344 g/mol. The molecule has 3 atom stereocenters. The van der Waals surface area contributed by atoms with Crippen LogP contribution in [0.5, 0.6) is 0 Å². The lowest BCUT2D eigenvalue weighted by Crippen LogP contribution is -2.36. The quantitative estimate of drug-likeness (QED) is 0.226. The van der Waals surface area contributed by atoms with E-state index in [0.29, 0.717) is 25.0 Å². The molecule has 1 rings (SSSR count). The number of hydrogen-bond acceptors (Lipinski definition) is 4. The molecule has 8 nitrogen and oxygen atoms in total. The third-order valence-electron chi connectivity index (χ3n) is 3.65. The van der Waals surface area contributed by atoms with E-state index in [-0.39, 0.29) is 24.2 Å². The lowest BCUT2D eigenvalue weighted by Gasteiger charge is -2.30. The second-order valence-corrected chi connectivity index (χ2v) is 6.40. The Balaban J connectivity index is 2.85. The van der Waals surface area contributed by atoms with Gasteiger partial charge in [-0.15, -0.1) is 0 Å². The fraction of sp³-hybridized carbons (Fsp3) is 0.786. The predicted molar refractivity (Wildman–Crippen MR) is 88.3 cm³/mol. The largest absolute Gasteiger partial charge is 0.463 e. The van der Waals surface area contributed by atoms with E-state index in [1.165, 1.54) is 0 Å². The molecule has 0 radical (unpaired) electrons. The highest BCUT2D eigenvalue weighted by molar-refractivity contribution is 7.40. The Morgan fingerprint density at radius 3 is 2.78 bits per heavy atom. The fourth-order valence-corrected chi connectivity index (χ4v) is 3.25. The molecule has 130 valence electrons. The third-order valence-corrected chi connectivity index (χ3v) is 4.58. The van der Waals surface area contributed by atoms with Gasteiger partial charge >= 0.3 is 5.97 Å². The number of azide groups is 1. The van der Waals surface area contributed by atoms with Gasteiger partial charge < -0.3 is 14.0 Å². The van der Waals surface area contributed by atoms with Crippen molar-refractivity contribution in [2.45, 2.75) is 64.7 Å². The van der Waals surface area contributed by atoms with Crippen LogP contribution in [-0.4, -0.2) is 30.8 Å². The van der Waals surface area contributed by atoms with Gasteiger partial charge in [-0.05, 0) is 49.1 Å². The average Bonchev–Trinajstić information content (AvgIpc) is 2.52. The molecule has 0 fully saturated rings. The number of hydrogen-bond donors (Lipinski definition) is 1. The first-order valence-electron chi connectivity index (χ1n) is 7.92. The molecule has 0 saturated heterocycles. The predicted octanol–water partition coefficient (Wildman–Crippen LogP) is 3.50. The minimum absolute atomic E-state index is 0.104. The normalized spacial score (nSPS) is 22.2. The monoisotopic (exact) mass is 344 g/mol. The molecule has 3 unspecified atom stereocenters. The molecule has 1 N–H and O–H groups in total. The van der Waals surface area contributed by atoms with Crippen LogP contribution in [0.1, 0.15) is 46.5 Å². The van der Waals surface area contributed by atoms with Crippen LogP contribution in [0, 0.1) is 0 Å². The van der Waals surface area contributed by atoms with E-state index in [1.807, 2.05) is 13.8 Å². The molecule has 0 aromatic carbocycles. The molecule has 0 amide bonds. The number of esters is 1. The third kappa shape index (κ3) is 6.75. The van der Waals surface area contributed by atoms with Gasteiger partial charge in [0.05, 0.1) is 18.8 Å². The highest BCUT2D eigenvalue weighted by atomic mass is 31.1. The van der Waals surface area contributed by atoms with Crippen molar-refractivity contribution in [3.63, 3.8) is 0 Å². The number of ether oxygens (including phenoxy) is 2. The van der Waals surface area contributed by atoms with E-state index in [4.69, 9.17) is 15.0 Å². The summed E-state index contributed by atoms with van der Waals surface area (Å²) in [4.78, 5) is 17.7. The minimum atomic E-state index is -2.59. The van der Waals surface area contributed by atoms with Crippen LogP contribution in [0.25, 0.3) is 10.4 Å².